The van der Waals surface area contributed by atoms with E-state index in [0.29, 0.717) is 11.4 Å². The van der Waals surface area contributed by atoms with Crippen LogP contribution in [0.25, 0.3) is 10.6 Å². The molecule has 0 spiro atoms. The monoisotopic (exact) mass is 927 g/mol. The molecule has 0 unspecified atom stereocenters. The maximum Gasteiger partial charge on any atom is 0.0742 e. The van der Waals surface area contributed by atoms with E-state index >= 15 is 0 Å². The summed E-state index contributed by atoms with van der Waals surface area (Å²) in [6.45, 7) is 35.9. The number of quaternary nitrogens is 1. The van der Waals surface area contributed by atoms with Crippen molar-refractivity contribution in [2.45, 2.75) is 126 Å². The summed E-state index contributed by atoms with van der Waals surface area (Å²) in [6, 6.07) is 27.3. The van der Waals surface area contributed by atoms with E-state index < -0.39 is 0 Å². The van der Waals surface area contributed by atoms with Crippen molar-refractivity contribution in [1.29, 1.82) is 0 Å². The third-order valence-corrected chi connectivity index (χ3v) is 9.00. The van der Waals surface area contributed by atoms with Gasteiger partial charge in [0.1, 0.15) is 0 Å². The van der Waals surface area contributed by atoms with Crippen molar-refractivity contribution in [2.75, 3.05) is 26.7 Å². The van der Waals surface area contributed by atoms with E-state index in [1.165, 1.54) is 19.6 Å². The van der Waals surface area contributed by atoms with Crippen LogP contribution in [0.15, 0.2) is 84.9 Å². The smallest absolute Gasteiger partial charge is 0.0742 e. The minimum atomic E-state index is -0.195. The van der Waals surface area contributed by atoms with Crippen molar-refractivity contribution in [3.05, 3.63) is 118 Å². The molecule has 0 saturated carbocycles. The molecule has 0 amide bonds. The summed E-state index contributed by atoms with van der Waals surface area (Å²) in [7, 11) is 1.00. The Hall–Kier alpha value is -3.38. The van der Waals surface area contributed by atoms with Gasteiger partial charge in [0.15, 0.2) is 0 Å². The first-order chi connectivity index (χ1) is 24.5. The molecule has 0 aliphatic carbocycles. The second-order valence-electron chi connectivity index (χ2n) is 17.4. The fourth-order valence-electron chi connectivity index (χ4n) is 5.41. The molecule has 0 aliphatic heterocycles. The molecule has 309 valence electrons. The van der Waals surface area contributed by atoms with Crippen LogP contribution >= 0.6 is 0 Å². The van der Waals surface area contributed by atoms with E-state index in [1.54, 1.807) is 4.90 Å². The van der Waals surface area contributed by atoms with Gasteiger partial charge in [-0.1, -0.05) is 179 Å². The molecule has 7 nitrogen and oxygen atoms in total. The first-order valence-corrected chi connectivity index (χ1v) is 19.1. The summed E-state index contributed by atoms with van der Waals surface area (Å²) in [4.78, 5) is 1.68. The Morgan fingerprint density at radius 3 is 0.964 bits per heavy atom. The second-order valence-corrected chi connectivity index (χ2v) is 17.4. The average Bonchev–Trinajstić information content (AvgIpc) is 3.08. The van der Waals surface area contributed by atoms with Crippen molar-refractivity contribution < 1.29 is 46.1 Å². The van der Waals surface area contributed by atoms with Crippen LogP contribution < -0.4 is 15.1 Å². The Labute approximate surface area is 349 Å². The maximum absolute atomic E-state index is 12.8. The number of para-hydroxylation sites is 2. The van der Waals surface area contributed by atoms with E-state index in [0.717, 1.165) is 40.7 Å². The summed E-state index contributed by atoms with van der Waals surface area (Å²) in [5.74, 6) is 0.0636. The number of benzene rings is 4. The predicted molar refractivity (Wildman–Crippen MR) is 226 cm³/mol. The van der Waals surface area contributed by atoms with Crippen molar-refractivity contribution >= 4 is 22.7 Å². The van der Waals surface area contributed by atoms with E-state index in [9.17, 15) is 10.2 Å². The van der Waals surface area contributed by atoms with Crippen LogP contribution in [0.5, 0.6) is 11.5 Å². The van der Waals surface area contributed by atoms with Gasteiger partial charge in [0.25, 0.3) is 0 Å². The van der Waals surface area contributed by atoms with Gasteiger partial charge in [-0.15, -0.1) is 34.2 Å². The Morgan fingerprint density at radius 2 is 0.764 bits per heavy atom. The summed E-state index contributed by atoms with van der Waals surface area (Å²) in [6.07, 6.45) is 0. The second kappa shape index (κ2) is 23.6. The Bertz CT molecular complexity index is 1520. The molecule has 0 saturated heterocycles. The number of hydrogen-bond donors (Lipinski definition) is 2. The number of hydrogen-bond acceptors (Lipinski definition) is 3. The molecule has 4 aromatic carbocycles. The fourth-order valence-corrected chi connectivity index (χ4v) is 5.41. The number of aliphatic hydroxyl groups is 1. The molecule has 0 aliphatic rings. The van der Waals surface area contributed by atoms with Crippen LogP contribution in [0.1, 0.15) is 126 Å². The van der Waals surface area contributed by atoms with Gasteiger partial charge in [0.05, 0.1) is 19.6 Å². The number of nitrogens with zero attached hydrogens (tertiary/aromatic N) is 2. The molecule has 1 radical (unpaired) electrons. The van der Waals surface area contributed by atoms with Gasteiger partial charge in [-0.05, 0) is 53.6 Å². The Morgan fingerprint density at radius 1 is 0.491 bits per heavy atom. The summed E-state index contributed by atoms with van der Waals surface area (Å²) < 4.78 is 0. The standard InChI is InChI=1S/2C20H26NO.C6H15N.CH4O.O.Re/c2*1-19(2,3)14-12-16(20(4,5)6)18(22)17(13-14)21-15-10-8-7-9-11-15;1-4-7(5-2)6-3;1-2;;/h2*7-13,22H,1-6H3;4-6H2,1-3H3;2H,1H3;;/q2*-1;;;-2;/p-1. The maximum atomic E-state index is 12.8. The molecule has 4 aromatic rings. The first-order valence-electron chi connectivity index (χ1n) is 19.1. The quantitative estimate of drug-likeness (QED) is 0.192. The molecule has 55 heavy (non-hydrogen) atoms. The van der Waals surface area contributed by atoms with Gasteiger partial charge in [-0.25, -0.2) is 0 Å². The molecule has 4 rings (SSSR count). The van der Waals surface area contributed by atoms with Crippen molar-refractivity contribution in [3.63, 3.8) is 0 Å². The van der Waals surface area contributed by atoms with Crippen LogP contribution in [0.3, 0.4) is 0 Å². The zero-order chi connectivity index (χ0) is 40.8. The topological polar surface area (TPSA) is 127 Å². The molecule has 0 heterocycles. The molecule has 0 atom stereocenters. The van der Waals surface area contributed by atoms with Crippen LogP contribution in [-0.2, 0) is 47.6 Å². The summed E-state index contributed by atoms with van der Waals surface area (Å²) >= 11 is 0. The normalized spacial score (nSPS) is 11.2. The van der Waals surface area contributed by atoms with E-state index in [4.69, 9.17) is 5.11 Å². The van der Waals surface area contributed by atoms with Crippen molar-refractivity contribution in [2.24, 2.45) is 0 Å². The van der Waals surface area contributed by atoms with Crippen molar-refractivity contribution in [3.8, 4) is 11.5 Å². The third-order valence-electron chi connectivity index (χ3n) is 9.00. The van der Waals surface area contributed by atoms with Crippen LogP contribution in [0.2, 0.25) is 0 Å². The van der Waals surface area contributed by atoms with Crippen LogP contribution in [0, 0.1) is 0 Å². The SMILES string of the molecule is CC(C)(C)c1cc([N-]c2ccccc2)c([O-])c(C(C)(C)C)c1.CC(C)(C)c1cc([N-]c2ccccc2)c([O-])c(C(C)(C)C)c1.CC[NH+](CC)CC.CO.[O-2].[Re]. The Kier molecular flexibility index (Phi) is 23.1. The fraction of sp³-hybridized carbons (Fsp3) is 0.489. The third kappa shape index (κ3) is 17.5. The summed E-state index contributed by atoms with van der Waals surface area (Å²) in [5.41, 5.74) is 6.20. The van der Waals surface area contributed by atoms with Crippen LogP contribution in [-0.4, -0.2) is 31.9 Å². The molecule has 8 heteroatoms. The van der Waals surface area contributed by atoms with E-state index in [2.05, 4.69) is 114 Å². The molecule has 0 fully saturated rings. The van der Waals surface area contributed by atoms with Gasteiger partial charge < -0.3 is 36.3 Å². The minimum absolute atomic E-state index is 0. The largest absolute Gasteiger partial charge is 2.00 e. The number of nitrogens with one attached hydrogen (secondary N) is 1. The van der Waals surface area contributed by atoms with E-state index in [-0.39, 0.29) is 59.1 Å². The molecular formula is C47H70N3O4Re-5. The summed E-state index contributed by atoms with van der Waals surface area (Å²) in [5, 5.41) is 41.8. The zero-order valence-corrected chi connectivity index (χ0v) is 39.4. The van der Waals surface area contributed by atoms with Gasteiger partial charge in [-0.2, -0.15) is 0 Å². The molecule has 0 aromatic heterocycles. The molecule has 2 N–H and O–H groups in total. The van der Waals surface area contributed by atoms with Gasteiger partial charge in [0.2, 0.25) is 0 Å². The van der Waals surface area contributed by atoms with E-state index in [1.807, 2.05) is 84.9 Å². The minimum Gasteiger partial charge on any atom is -2.00 e. The van der Waals surface area contributed by atoms with Gasteiger partial charge in [0, 0.05) is 27.5 Å². The molecular weight excluding hydrogens is 857 g/mol. The zero-order valence-electron chi connectivity index (χ0n) is 36.6. The Balaban J connectivity index is 0. The van der Waals surface area contributed by atoms with Gasteiger partial charge in [-0.3, -0.25) is 0 Å². The molecule has 0 bridgehead atoms. The predicted octanol–water partition coefficient (Wildman–Crippen LogP) is 10.8. The first kappa shape index (κ1) is 53.7. The van der Waals surface area contributed by atoms with Gasteiger partial charge >= 0.3 is 0 Å². The number of rotatable bonds is 7. The van der Waals surface area contributed by atoms with Crippen LogP contribution in [0.4, 0.5) is 22.7 Å². The number of aliphatic hydroxyl groups excluding tert-OH is 1. The average molecular weight is 927 g/mol. The van der Waals surface area contributed by atoms with Crippen molar-refractivity contribution in [1.82, 2.24) is 0 Å².